The maximum atomic E-state index is 11.9. The Bertz CT molecular complexity index is 914. The van der Waals surface area contributed by atoms with Crippen LogP contribution >= 0.6 is 0 Å². The van der Waals surface area contributed by atoms with Gasteiger partial charge in [-0.3, -0.25) is 9.59 Å². The van der Waals surface area contributed by atoms with Crippen molar-refractivity contribution in [1.29, 1.82) is 0 Å². The Balaban J connectivity index is 3.54. The van der Waals surface area contributed by atoms with E-state index < -0.39 is 0 Å². The van der Waals surface area contributed by atoms with Gasteiger partial charge >= 0.3 is 11.9 Å². The van der Waals surface area contributed by atoms with E-state index in [4.69, 9.17) is 9.47 Å². The quantitative estimate of drug-likeness (QED) is 0.0455. The molecule has 0 aliphatic carbocycles. The van der Waals surface area contributed by atoms with Crippen LogP contribution in [-0.2, 0) is 19.1 Å². The van der Waals surface area contributed by atoms with Crippen LogP contribution in [0, 0.1) is 0 Å². The molecule has 0 aromatic heterocycles. The molecular formula is C41H64O4. The van der Waals surface area contributed by atoms with Gasteiger partial charge in [0, 0.05) is 19.3 Å². The van der Waals surface area contributed by atoms with Crippen molar-refractivity contribution in [1.82, 2.24) is 0 Å². The highest BCUT2D eigenvalue weighted by Crippen LogP contribution is 2.05. The van der Waals surface area contributed by atoms with E-state index in [1.165, 1.54) is 25.7 Å². The lowest BCUT2D eigenvalue weighted by molar-refractivity contribution is -0.146. The van der Waals surface area contributed by atoms with E-state index in [0.29, 0.717) is 32.5 Å². The Morgan fingerprint density at radius 2 is 0.756 bits per heavy atom. The molecule has 0 heterocycles. The first-order valence-electron chi connectivity index (χ1n) is 17.7. The maximum absolute atomic E-state index is 11.9. The number of hydrogen-bond donors (Lipinski definition) is 0. The van der Waals surface area contributed by atoms with Gasteiger partial charge < -0.3 is 9.47 Å². The third-order valence-corrected chi connectivity index (χ3v) is 6.74. The monoisotopic (exact) mass is 620 g/mol. The zero-order valence-corrected chi connectivity index (χ0v) is 28.7. The molecule has 0 amide bonds. The molecular weight excluding hydrogens is 556 g/mol. The van der Waals surface area contributed by atoms with Crippen LogP contribution in [0.15, 0.2) is 97.2 Å². The Hall–Kier alpha value is -3.14. The number of rotatable bonds is 30. The van der Waals surface area contributed by atoms with Crippen molar-refractivity contribution in [2.75, 3.05) is 13.2 Å². The summed E-state index contributed by atoms with van der Waals surface area (Å²) in [6, 6.07) is 0. The highest BCUT2D eigenvalue weighted by Gasteiger charge is 2.04. The molecule has 0 bridgehead atoms. The number of esters is 2. The molecule has 4 heteroatoms. The van der Waals surface area contributed by atoms with Crippen LogP contribution in [-0.4, -0.2) is 25.2 Å². The Morgan fingerprint density at radius 1 is 0.400 bits per heavy atom. The lowest BCUT2D eigenvalue weighted by Gasteiger charge is -2.06. The van der Waals surface area contributed by atoms with Crippen LogP contribution in [0.4, 0.5) is 0 Å². The topological polar surface area (TPSA) is 52.6 Å². The third kappa shape index (κ3) is 37.0. The van der Waals surface area contributed by atoms with Crippen LogP contribution < -0.4 is 0 Å². The molecule has 0 saturated carbocycles. The normalized spacial score (nSPS) is 12.7. The molecule has 0 aromatic carbocycles. The van der Waals surface area contributed by atoms with Gasteiger partial charge in [0.1, 0.15) is 0 Å². The second kappa shape index (κ2) is 37.0. The number of unbranched alkanes of at least 4 members (excludes halogenated alkanes) is 6. The lowest BCUT2D eigenvalue weighted by atomic mass is 10.1. The van der Waals surface area contributed by atoms with Crippen LogP contribution in [0.1, 0.15) is 136 Å². The Labute approximate surface area is 276 Å². The van der Waals surface area contributed by atoms with Crippen LogP contribution in [0.2, 0.25) is 0 Å². The van der Waals surface area contributed by atoms with Crippen molar-refractivity contribution in [3.63, 3.8) is 0 Å². The zero-order valence-electron chi connectivity index (χ0n) is 28.7. The van der Waals surface area contributed by atoms with Crippen molar-refractivity contribution in [3.8, 4) is 0 Å². The summed E-state index contributed by atoms with van der Waals surface area (Å²) < 4.78 is 10.5. The predicted molar refractivity (Wildman–Crippen MR) is 194 cm³/mol. The maximum Gasteiger partial charge on any atom is 0.305 e. The summed E-state index contributed by atoms with van der Waals surface area (Å²) in [5, 5.41) is 0. The van der Waals surface area contributed by atoms with Gasteiger partial charge in [-0.05, 0) is 89.9 Å². The van der Waals surface area contributed by atoms with Crippen LogP contribution in [0.25, 0.3) is 0 Å². The molecule has 0 aliphatic heterocycles. The Kier molecular flexibility index (Phi) is 34.5. The van der Waals surface area contributed by atoms with E-state index in [-0.39, 0.29) is 11.9 Å². The summed E-state index contributed by atoms with van der Waals surface area (Å²) in [6.07, 6.45) is 53.0. The van der Waals surface area contributed by atoms with E-state index in [1.54, 1.807) is 0 Å². The standard InChI is InChI=1S/C41H64O4/c1-3-5-7-9-11-13-15-17-19-20-22-24-26-28-30-32-34-37-41(43)45-39-35-38-44-40(42)36-33-31-29-27-25-23-21-18-16-14-12-10-8-6-4-2/h5,7,11-14,17-19,21-22,24-25,27-28,30H,3-4,6,8-10,15-16,20,23,26,29,31-39H2,1-2H3. The average molecular weight is 621 g/mol. The molecule has 0 radical (unpaired) electrons. The molecule has 0 fully saturated rings. The summed E-state index contributed by atoms with van der Waals surface area (Å²) in [5.41, 5.74) is 0. The molecule has 0 unspecified atom stereocenters. The second-order valence-electron chi connectivity index (χ2n) is 11.0. The zero-order chi connectivity index (χ0) is 32.7. The van der Waals surface area contributed by atoms with E-state index >= 15 is 0 Å². The van der Waals surface area contributed by atoms with Gasteiger partial charge in [-0.2, -0.15) is 0 Å². The van der Waals surface area contributed by atoms with Gasteiger partial charge in [0.15, 0.2) is 0 Å². The molecule has 0 saturated heterocycles. The van der Waals surface area contributed by atoms with Crippen molar-refractivity contribution in [3.05, 3.63) is 97.2 Å². The molecule has 0 N–H and O–H groups in total. The third-order valence-electron chi connectivity index (χ3n) is 6.74. The van der Waals surface area contributed by atoms with E-state index in [1.807, 2.05) is 0 Å². The summed E-state index contributed by atoms with van der Waals surface area (Å²) in [4.78, 5) is 23.8. The van der Waals surface area contributed by atoms with Crippen molar-refractivity contribution in [2.24, 2.45) is 0 Å². The van der Waals surface area contributed by atoms with Gasteiger partial charge in [0.25, 0.3) is 0 Å². The fourth-order valence-corrected chi connectivity index (χ4v) is 4.13. The molecule has 0 aliphatic rings. The summed E-state index contributed by atoms with van der Waals surface area (Å²) in [5.74, 6) is -0.361. The summed E-state index contributed by atoms with van der Waals surface area (Å²) >= 11 is 0. The minimum Gasteiger partial charge on any atom is -0.466 e. The van der Waals surface area contributed by atoms with Gasteiger partial charge in [0.2, 0.25) is 0 Å². The number of ether oxygens (including phenoxy) is 2. The predicted octanol–water partition coefficient (Wildman–Crippen LogP) is 12.0. The van der Waals surface area contributed by atoms with Crippen molar-refractivity contribution in [2.45, 2.75) is 136 Å². The van der Waals surface area contributed by atoms with E-state index in [2.05, 4.69) is 111 Å². The smallest absolute Gasteiger partial charge is 0.305 e. The summed E-state index contributed by atoms with van der Waals surface area (Å²) in [6.45, 7) is 4.97. The molecule has 0 rings (SSSR count). The first-order chi connectivity index (χ1) is 22.2. The minimum atomic E-state index is -0.188. The van der Waals surface area contributed by atoms with Crippen LogP contribution in [0.5, 0.6) is 0 Å². The fraction of sp³-hybridized carbons (Fsp3) is 0.561. The average Bonchev–Trinajstić information content (AvgIpc) is 3.04. The van der Waals surface area contributed by atoms with Crippen molar-refractivity contribution < 1.29 is 19.1 Å². The van der Waals surface area contributed by atoms with Gasteiger partial charge in [-0.15, -0.1) is 0 Å². The van der Waals surface area contributed by atoms with Gasteiger partial charge in [0.05, 0.1) is 13.2 Å². The molecule has 4 nitrogen and oxygen atoms in total. The van der Waals surface area contributed by atoms with Gasteiger partial charge in [-0.25, -0.2) is 0 Å². The number of carbonyl (C=O) groups is 2. The molecule has 0 atom stereocenters. The largest absolute Gasteiger partial charge is 0.466 e. The summed E-state index contributed by atoms with van der Waals surface area (Å²) in [7, 11) is 0. The first-order valence-corrected chi connectivity index (χ1v) is 17.7. The lowest BCUT2D eigenvalue weighted by Crippen LogP contribution is -2.10. The fourth-order valence-electron chi connectivity index (χ4n) is 4.13. The minimum absolute atomic E-state index is 0.173. The first kappa shape index (κ1) is 41.9. The van der Waals surface area contributed by atoms with E-state index in [9.17, 15) is 9.59 Å². The number of carbonyl (C=O) groups excluding carboxylic acids is 2. The highest BCUT2D eigenvalue weighted by molar-refractivity contribution is 5.69. The van der Waals surface area contributed by atoms with Crippen LogP contribution in [0.3, 0.4) is 0 Å². The van der Waals surface area contributed by atoms with Gasteiger partial charge in [-0.1, -0.05) is 124 Å². The molecule has 0 aromatic rings. The van der Waals surface area contributed by atoms with Crippen molar-refractivity contribution >= 4 is 11.9 Å². The number of hydrogen-bond acceptors (Lipinski definition) is 4. The molecule has 0 spiro atoms. The molecule has 252 valence electrons. The Morgan fingerprint density at radius 3 is 1.18 bits per heavy atom. The number of allylic oxidation sites excluding steroid dienone is 16. The highest BCUT2D eigenvalue weighted by atomic mass is 16.5. The SMILES string of the molecule is CCC=CCC=CCC=CCC=CCC=CCCCC(=O)OCCCOC(=O)CCCCC=CCC=CCC=CCCCCC. The van der Waals surface area contributed by atoms with E-state index in [0.717, 1.165) is 77.0 Å². The molecule has 45 heavy (non-hydrogen) atoms. The second-order valence-corrected chi connectivity index (χ2v) is 11.0.